The molecule has 1 aromatic heterocycles. The molecule has 0 spiro atoms. The standard InChI is InChI=1S/C19H22N2O3S/c1-13(21-14(2)22)3-10-18-11-20-19(25-18)24-17-8-6-16(7-9-17)23-12-15-4-5-15/h3,6-11,13,15H,4-5,12H2,1-2H3,(H,21,22)/t13-/m0/s1. The molecule has 0 bridgehead atoms. The fraction of sp³-hybridized carbons (Fsp3) is 0.368. The van der Waals surface area contributed by atoms with Crippen LogP contribution >= 0.6 is 11.3 Å². The molecule has 1 heterocycles. The topological polar surface area (TPSA) is 60.5 Å². The summed E-state index contributed by atoms with van der Waals surface area (Å²) in [5.41, 5.74) is 0. The first-order valence-electron chi connectivity index (χ1n) is 8.40. The number of hydrogen-bond donors (Lipinski definition) is 1. The Morgan fingerprint density at radius 1 is 1.36 bits per heavy atom. The highest BCUT2D eigenvalue weighted by Gasteiger charge is 2.21. The third kappa shape index (κ3) is 5.90. The summed E-state index contributed by atoms with van der Waals surface area (Å²) >= 11 is 1.45. The first kappa shape index (κ1) is 17.5. The van der Waals surface area contributed by atoms with Crippen LogP contribution in [0.5, 0.6) is 16.7 Å². The maximum atomic E-state index is 11.0. The highest BCUT2D eigenvalue weighted by Crippen LogP contribution is 2.31. The average molecular weight is 358 g/mol. The molecule has 1 aliphatic carbocycles. The van der Waals surface area contributed by atoms with Gasteiger partial charge < -0.3 is 14.8 Å². The Morgan fingerprint density at radius 3 is 2.76 bits per heavy atom. The molecule has 1 aliphatic rings. The molecular weight excluding hydrogens is 336 g/mol. The second kappa shape index (κ2) is 8.16. The molecule has 2 aromatic rings. The number of amides is 1. The van der Waals surface area contributed by atoms with Gasteiger partial charge in [0.25, 0.3) is 5.19 Å². The number of carbonyl (C=O) groups excluding carboxylic acids is 1. The van der Waals surface area contributed by atoms with E-state index in [1.54, 1.807) is 6.20 Å². The number of benzene rings is 1. The fourth-order valence-electron chi connectivity index (χ4n) is 2.21. The molecule has 5 nitrogen and oxygen atoms in total. The van der Waals surface area contributed by atoms with Crippen LogP contribution in [0.2, 0.25) is 0 Å². The van der Waals surface area contributed by atoms with E-state index in [9.17, 15) is 4.79 Å². The average Bonchev–Trinajstić information content (AvgIpc) is 3.30. The van der Waals surface area contributed by atoms with Gasteiger partial charge in [-0.2, -0.15) is 0 Å². The molecule has 1 saturated carbocycles. The normalized spacial score (nSPS) is 15.1. The molecule has 0 aliphatic heterocycles. The molecule has 3 rings (SSSR count). The molecule has 1 aromatic carbocycles. The van der Waals surface area contributed by atoms with Gasteiger partial charge in [-0.1, -0.05) is 17.4 Å². The molecule has 0 unspecified atom stereocenters. The summed E-state index contributed by atoms with van der Waals surface area (Å²) < 4.78 is 11.5. The largest absolute Gasteiger partial charge is 0.493 e. The maximum Gasteiger partial charge on any atom is 0.279 e. The van der Waals surface area contributed by atoms with E-state index in [4.69, 9.17) is 9.47 Å². The van der Waals surface area contributed by atoms with Crippen molar-refractivity contribution in [1.82, 2.24) is 10.3 Å². The van der Waals surface area contributed by atoms with Crippen LogP contribution in [0, 0.1) is 5.92 Å². The second-order valence-corrected chi connectivity index (χ2v) is 7.23. The van der Waals surface area contributed by atoms with Gasteiger partial charge in [0.2, 0.25) is 5.91 Å². The van der Waals surface area contributed by atoms with Gasteiger partial charge in [-0.05, 0) is 56.0 Å². The van der Waals surface area contributed by atoms with Gasteiger partial charge in [0.1, 0.15) is 11.5 Å². The fourth-order valence-corrected chi connectivity index (χ4v) is 2.90. The Balaban J connectivity index is 1.51. The van der Waals surface area contributed by atoms with E-state index in [-0.39, 0.29) is 11.9 Å². The van der Waals surface area contributed by atoms with Gasteiger partial charge in [-0.25, -0.2) is 4.98 Å². The van der Waals surface area contributed by atoms with E-state index in [1.807, 2.05) is 43.3 Å². The molecular formula is C19H22N2O3S. The smallest absolute Gasteiger partial charge is 0.279 e. The zero-order chi connectivity index (χ0) is 17.6. The second-order valence-electron chi connectivity index (χ2n) is 6.20. The molecule has 132 valence electrons. The van der Waals surface area contributed by atoms with E-state index in [1.165, 1.54) is 31.1 Å². The third-order valence-corrected chi connectivity index (χ3v) is 4.53. The maximum absolute atomic E-state index is 11.0. The Bertz CT molecular complexity index is 735. The van der Waals surface area contributed by atoms with Crippen LogP contribution < -0.4 is 14.8 Å². The van der Waals surface area contributed by atoms with E-state index in [2.05, 4.69) is 10.3 Å². The number of aromatic nitrogens is 1. The summed E-state index contributed by atoms with van der Waals surface area (Å²) in [5, 5.41) is 3.38. The lowest BCUT2D eigenvalue weighted by molar-refractivity contribution is -0.119. The molecule has 0 saturated heterocycles. The SMILES string of the molecule is CC(=O)N[C@@H](C)C=Cc1cnc(Oc2ccc(OCC3CC3)cc2)s1. The summed E-state index contributed by atoms with van der Waals surface area (Å²) in [4.78, 5) is 16.2. The van der Waals surface area contributed by atoms with E-state index >= 15 is 0 Å². The molecule has 1 atom stereocenters. The number of hydrogen-bond acceptors (Lipinski definition) is 5. The van der Waals surface area contributed by atoms with Crippen LogP contribution in [-0.2, 0) is 4.79 Å². The van der Waals surface area contributed by atoms with Crippen LogP contribution in [0.3, 0.4) is 0 Å². The number of thiazole rings is 1. The predicted octanol–water partition coefficient (Wildman–Crippen LogP) is 4.26. The summed E-state index contributed by atoms with van der Waals surface area (Å²) in [6, 6.07) is 7.59. The van der Waals surface area contributed by atoms with Crippen LogP contribution in [0.25, 0.3) is 6.08 Å². The van der Waals surface area contributed by atoms with Gasteiger partial charge in [-0.15, -0.1) is 0 Å². The molecule has 1 N–H and O–H groups in total. The molecule has 1 amide bonds. The van der Waals surface area contributed by atoms with Crippen LogP contribution in [-0.4, -0.2) is 23.5 Å². The van der Waals surface area contributed by atoms with Crippen molar-refractivity contribution < 1.29 is 14.3 Å². The highest BCUT2D eigenvalue weighted by atomic mass is 32.1. The third-order valence-electron chi connectivity index (χ3n) is 3.69. The van der Waals surface area contributed by atoms with Crippen molar-refractivity contribution >= 4 is 23.3 Å². The molecule has 6 heteroatoms. The number of carbonyl (C=O) groups is 1. The Hall–Kier alpha value is -2.34. The molecule has 0 radical (unpaired) electrons. The Kier molecular flexibility index (Phi) is 5.71. The van der Waals surface area contributed by atoms with Crippen LogP contribution in [0.15, 0.2) is 36.5 Å². The Labute approximate surface area is 151 Å². The quantitative estimate of drug-likeness (QED) is 0.766. The number of nitrogens with one attached hydrogen (secondary N) is 1. The van der Waals surface area contributed by atoms with Crippen LogP contribution in [0.4, 0.5) is 0 Å². The molecule has 25 heavy (non-hydrogen) atoms. The molecule has 1 fully saturated rings. The highest BCUT2D eigenvalue weighted by molar-refractivity contribution is 7.14. The zero-order valence-electron chi connectivity index (χ0n) is 14.4. The summed E-state index contributed by atoms with van der Waals surface area (Å²) in [6.07, 6.45) is 8.17. The monoisotopic (exact) mass is 358 g/mol. The van der Waals surface area contributed by atoms with Crippen molar-refractivity contribution in [1.29, 1.82) is 0 Å². The lowest BCUT2D eigenvalue weighted by Gasteiger charge is -2.06. The summed E-state index contributed by atoms with van der Waals surface area (Å²) in [7, 11) is 0. The van der Waals surface area contributed by atoms with E-state index in [0.29, 0.717) is 5.19 Å². The van der Waals surface area contributed by atoms with Crippen molar-refractivity contribution in [3.8, 4) is 16.7 Å². The van der Waals surface area contributed by atoms with Gasteiger partial charge in [0.05, 0.1) is 11.5 Å². The lowest BCUT2D eigenvalue weighted by Crippen LogP contribution is -2.28. The summed E-state index contributed by atoms with van der Waals surface area (Å²) in [5.74, 6) is 2.30. The van der Waals surface area contributed by atoms with E-state index < -0.39 is 0 Å². The first-order chi connectivity index (χ1) is 12.1. The number of ether oxygens (including phenoxy) is 2. The predicted molar refractivity (Wildman–Crippen MR) is 99.2 cm³/mol. The zero-order valence-corrected chi connectivity index (χ0v) is 15.2. The first-order valence-corrected chi connectivity index (χ1v) is 9.22. The minimum absolute atomic E-state index is 0.0212. The minimum Gasteiger partial charge on any atom is -0.493 e. The Morgan fingerprint density at radius 2 is 2.08 bits per heavy atom. The van der Waals surface area contributed by atoms with Crippen molar-refractivity contribution in [3.63, 3.8) is 0 Å². The van der Waals surface area contributed by atoms with E-state index in [0.717, 1.165) is 28.9 Å². The van der Waals surface area contributed by atoms with Crippen molar-refractivity contribution in [2.45, 2.75) is 32.7 Å². The number of nitrogens with zero attached hydrogens (tertiary/aromatic N) is 1. The van der Waals surface area contributed by atoms with Crippen molar-refractivity contribution in [2.24, 2.45) is 5.92 Å². The van der Waals surface area contributed by atoms with Gasteiger partial charge in [-0.3, -0.25) is 4.79 Å². The van der Waals surface area contributed by atoms with Gasteiger partial charge >= 0.3 is 0 Å². The van der Waals surface area contributed by atoms with Gasteiger partial charge in [0.15, 0.2) is 0 Å². The van der Waals surface area contributed by atoms with Gasteiger partial charge in [0, 0.05) is 19.2 Å². The van der Waals surface area contributed by atoms with Crippen molar-refractivity contribution in [2.75, 3.05) is 6.61 Å². The van der Waals surface area contributed by atoms with Crippen molar-refractivity contribution in [3.05, 3.63) is 41.4 Å². The minimum atomic E-state index is -0.0463. The summed E-state index contributed by atoms with van der Waals surface area (Å²) in [6.45, 7) is 4.23. The number of rotatable bonds is 8. The van der Waals surface area contributed by atoms with Crippen LogP contribution in [0.1, 0.15) is 31.6 Å². The lowest BCUT2D eigenvalue weighted by atomic mass is 10.3.